The van der Waals surface area contributed by atoms with Crippen molar-refractivity contribution in [2.75, 3.05) is 23.6 Å². The molecule has 0 aliphatic carbocycles. The minimum Gasteiger partial charge on any atom is -0.346 e. The first-order chi connectivity index (χ1) is 10.1. The molecule has 5 heteroatoms. The van der Waals surface area contributed by atoms with Crippen molar-refractivity contribution in [2.24, 2.45) is 0 Å². The number of fused-ring (bicyclic) bond motifs is 1. The van der Waals surface area contributed by atoms with Crippen LogP contribution < -0.4 is 9.96 Å². The lowest BCUT2D eigenvalue weighted by Gasteiger charge is -2.37. The van der Waals surface area contributed by atoms with Gasteiger partial charge in [-0.15, -0.1) is 0 Å². The van der Waals surface area contributed by atoms with Gasteiger partial charge in [0.1, 0.15) is 11.5 Å². The Morgan fingerprint density at radius 3 is 2.76 bits per heavy atom. The van der Waals surface area contributed by atoms with Crippen molar-refractivity contribution in [1.29, 1.82) is 0 Å². The van der Waals surface area contributed by atoms with Crippen molar-refractivity contribution in [2.45, 2.75) is 65.5 Å². The third-order valence-corrected chi connectivity index (χ3v) is 4.27. The quantitative estimate of drug-likeness (QED) is 0.832. The topological polar surface area (TPSA) is 41.5 Å². The summed E-state index contributed by atoms with van der Waals surface area (Å²) in [5.74, 6) is 1.84. The number of anilines is 2. The Morgan fingerprint density at radius 1 is 1.38 bits per heavy atom. The summed E-state index contributed by atoms with van der Waals surface area (Å²) in [6.07, 6.45) is 6.41. The van der Waals surface area contributed by atoms with Crippen LogP contribution in [0.15, 0.2) is 6.20 Å². The third kappa shape index (κ3) is 3.28. The number of hydroxylamine groups is 1. The summed E-state index contributed by atoms with van der Waals surface area (Å²) < 4.78 is 0. The normalized spacial score (nSPS) is 20.1. The maximum absolute atomic E-state index is 5.89. The molecule has 2 atom stereocenters. The molecule has 0 spiro atoms. The Bertz CT molecular complexity index is 466. The number of rotatable bonds is 5. The van der Waals surface area contributed by atoms with Crippen LogP contribution in [0.2, 0.25) is 0 Å². The maximum Gasteiger partial charge on any atom is 0.158 e. The van der Waals surface area contributed by atoms with Gasteiger partial charge >= 0.3 is 0 Å². The fourth-order valence-electron chi connectivity index (χ4n) is 3.04. The molecule has 2 rings (SSSR count). The predicted octanol–water partition coefficient (Wildman–Crippen LogP) is 3.33. The van der Waals surface area contributed by atoms with Crippen LogP contribution in [0.3, 0.4) is 0 Å². The first-order valence-corrected chi connectivity index (χ1v) is 8.10. The molecule has 1 aliphatic heterocycles. The summed E-state index contributed by atoms with van der Waals surface area (Å²) in [6.45, 7) is 9.37. The molecule has 0 radical (unpaired) electrons. The van der Waals surface area contributed by atoms with E-state index in [1.807, 2.05) is 25.2 Å². The zero-order chi connectivity index (χ0) is 15.4. The molecule has 5 nitrogen and oxygen atoms in total. The van der Waals surface area contributed by atoms with Crippen molar-refractivity contribution in [1.82, 2.24) is 9.97 Å². The molecule has 2 heterocycles. The molecular weight excluding hydrogens is 264 g/mol. The van der Waals surface area contributed by atoms with E-state index in [0.717, 1.165) is 30.2 Å². The second-order valence-corrected chi connectivity index (χ2v) is 5.74. The van der Waals surface area contributed by atoms with Crippen LogP contribution in [-0.2, 0) is 4.84 Å². The predicted molar refractivity (Wildman–Crippen MR) is 86.7 cm³/mol. The minimum atomic E-state index is 0.361. The van der Waals surface area contributed by atoms with E-state index in [2.05, 4.69) is 30.7 Å². The largest absolute Gasteiger partial charge is 0.346 e. The van der Waals surface area contributed by atoms with Crippen molar-refractivity contribution in [3.63, 3.8) is 0 Å². The standard InChI is InChI=1S/C16H28N4O/c1-6-9-13(7-2)20-14(8-3)11-21-19(5)15-10-17-12(4)18-16(15)20/h10,13-14H,6-9,11H2,1-5H3/t13?,14-/m1/s1. The zero-order valence-electron chi connectivity index (χ0n) is 14.0. The lowest BCUT2D eigenvalue weighted by atomic mass is 10.0. The SMILES string of the molecule is CCCC(CC)N1c2nc(C)ncc2N(C)OC[C@H]1CC. The number of aromatic nitrogens is 2. The second kappa shape index (κ2) is 7.07. The van der Waals surface area contributed by atoms with E-state index in [0.29, 0.717) is 18.7 Å². The molecule has 0 aromatic carbocycles. The van der Waals surface area contributed by atoms with Gasteiger partial charge in [0.25, 0.3) is 0 Å². The van der Waals surface area contributed by atoms with Gasteiger partial charge in [0.15, 0.2) is 5.82 Å². The van der Waals surface area contributed by atoms with E-state index < -0.39 is 0 Å². The molecule has 1 aromatic heterocycles. The molecule has 0 N–H and O–H groups in total. The van der Waals surface area contributed by atoms with Crippen molar-refractivity contribution in [3.05, 3.63) is 12.0 Å². The molecule has 1 unspecified atom stereocenters. The number of nitrogens with zero attached hydrogens (tertiary/aromatic N) is 4. The third-order valence-electron chi connectivity index (χ3n) is 4.27. The van der Waals surface area contributed by atoms with Gasteiger partial charge in [-0.25, -0.2) is 9.97 Å². The molecular formula is C16H28N4O. The highest BCUT2D eigenvalue weighted by Gasteiger charge is 2.32. The highest BCUT2D eigenvalue weighted by atomic mass is 16.7. The van der Waals surface area contributed by atoms with E-state index in [9.17, 15) is 0 Å². The maximum atomic E-state index is 5.89. The lowest BCUT2D eigenvalue weighted by molar-refractivity contribution is 0.109. The summed E-state index contributed by atoms with van der Waals surface area (Å²) in [4.78, 5) is 17.5. The molecule has 0 fully saturated rings. The molecule has 21 heavy (non-hydrogen) atoms. The molecule has 0 amide bonds. The Hall–Kier alpha value is -1.36. The van der Waals surface area contributed by atoms with Crippen LogP contribution in [0.5, 0.6) is 0 Å². The monoisotopic (exact) mass is 292 g/mol. The average molecular weight is 292 g/mol. The molecule has 1 aromatic rings. The van der Waals surface area contributed by atoms with Gasteiger partial charge in [-0.1, -0.05) is 27.2 Å². The van der Waals surface area contributed by atoms with Crippen molar-refractivity contribution >= 4 is 11.5 Å². The summed E-state index contributed by atoms with van der Waals surface area (Å²) >= 11 is 0. The highest BCUT2D eigenvalue weighted by Crippen LogP contribution is 2.34. The number of aryl methyl sites for hydroxylation is 1. The van der Waals surface area contributed by atoms with Gasteiger partial charge in [0.2, 0.25) is 0 Å². The number of hydrogen-bond donors (Lipinski definition) is 0. The number of hydrogen-bond acceptors (Lipinski definition) is 5. The smallest absolute Gasteiger partial charge is 0.158 e. The van der Waals surface area contributed by atoms with Crippen LogP contribution in [0.4, 0.5) is 11.5 Å². The van der Waals surface area contributed by atoms with Crippen LogP contribution >= 0.6 is 0 Å². The van der Waals surface area contributed by atoms with E-state index in [1.54, 1.807) is 0 Å². The van der Waals surface area contributed by atoms with Gasteiger partial charge in [0.05, 0.1) is 18.8 Å². The summed E-state index contributed by atoms with van der Waals surface area (Å²) in [5.41, 5.74) is 0.964. The van der Waals surface area contributed by atoms with Crippen LogP contribution in [0.1, 0.15) is 52.3 Å². The lowest BCUT2D eigenvalue weighted by Crippen LogP contribution is -2.45. The molecule has 118 valence electrons. The average Bonchev–Trinajstić information content (AvgIpc) is 2.61. The Morgan fingerprint density at radius 2 is 2.14 bits per heavy atom. The van der Waals surface area contributed by atoms with Crippen LogP contribution in [0, 0.1) is 6.92 Å². The second-order valence-electron chi connectivity index (χ2n) is 5.74. The fourth-order valence-corrected chi connectivity index (χ4v) is 3.04. The van der Waals surface area contributed by atoms with Gasteiger partial charge in [-0.2, -0.15) is 0 Å². The van der Waals surface area contributed by atoms with E-state index in [4.69, 9.17) is 9.82 Å². The zero-order valence-corrected chi connectivity index (χ0v) is 14.0. The van der Waals surface area contributed by atoms with E-state index in [1.165, 1.54) is 12.8 Å². The van der Waals surface area contributed by atoms with E-state index >= 15 is 0 Å². The fraction of sp³-hybridized carbons (Fsp3) is 0.750. The first kappa shape index (κ1) is 16.0. The first-order valence-electron chi connectivity index (χ1n) is 8.10. The van der Waals surface area contributed by atoms with E-state index in [-0.39, 0.29) is 0 Å². The molecule has 0 saturated heterocycles. The van der Waals surface area contributed by atoms with Gasteiger partial charge in [-0.3, -0.25) is 9.90 Å². The summed E-state index contributed by atoms with van der Waals surface area (Å²) in [6, 6.07) is 0.864. The summed E-state index contributed by atoms with van der Waals surface area (Å²) in [7, 11) is 1.94. The van der Waals surface area contributed by atoms with Crippen molar-refractivity contribution < 1.29 is 4.84 Å². The molecule has 1 aliphatic rings. The highest BCUT2D eigenvalue weighted by molar-refractivity contribution is 5.66. The minimum absolute atomic E-state index is 0.361. The Kier molecular flexibility index (Phi) is 5.39. The van der Waals surface area contributed by atoms with Crippen LogP contribution in [-0.4, -0.2) is 35.7 Å². The van der Waals surface area contributed by atoms with Gasteiger partial charge in [-0.05, 0) is 26.2 Å². The Labute approximate surface area is 128 Å². The molecule has 0 bridgehead atoms. The van der Waals surface area contributed by atoms with Crippen molar-refractivity contribution in [3.8, 4) is 0 Å². The summed E-state index contributed by atoms with van der Waals surface area (Å²) in [5, 5.41) is 1.82. The molecule has 0 saturated carbocycles. The van der Waals surface area contributed by atoms with Gasteiger partial charge in [0, 0.05) is 13.1 Å². The van der Waals surface area contributed by atoms with Gasteiger partial charge < -0.3 is 4.90 Å². The van der Waals surface area contributed by atoms with Crippen LogP contribution in [0.25, 0.3) is 0 Å². The Balaban J connectivity index is 2.50.